The molecule has 2 aliphatic heterocycles. The molecule has 0 saturated carbocycles. The van der Waals surface area contributed by atoms with Gasteiger partial charge in [-0.25, -0.2) is 0 Å². The van der Waals surface area contributed by atoms with Crippen LogP contribution in [-0.2, 0) is 16.0 Å². The van der Waals surface area contributed by atoms with Crippen LogP contribution >= 0.6 is 11.8 Å². The summed E-state index contributed by atoms with van der Waals surface area (Å²) < 4.78 is 5.08. The fraction of sp³-hybridized carbons (Fsp3) is 0.571. The standard InChI is InChI=1S/C14H17N3O4S/c1-8-11(9(2)21-15-8)3-4-12(18)16-5-10(6-16)17-13(19)7-22-14(17)20/h10H,3-7H2,1-2H3. The molecule has 22 heavy (non-hydrogen) atoms. The van der Waals surface area contributed by atoms with Gasteiger partial charge in [0.15, 0.2) is 0 Å². The van der Waals surface area contributed by atoms with Gasteiger partial charge < -0.3 is 9.42 Å². The summed E-state index contributed by atoms with van der Waals surface area (Å²) in [5.74, 6) is 0.845. The molecule has 3 heterocycles. The van der Waals surface area contributed by atoms with Gasteiger partial charge in [-0.1, -0.05) is 16.9 Å². The summed E-state index contributed by atoms with van der Waals surface area (Å²) in [6.07, 6.45) is 0.977. The third-order valence-corrected chi connectivity index (χ3v) is 4.97. The van der Waals surface area contributed by atoms with Gasteiger partial charge in [-0.15, -0.1) is 0 Å². The minimum atomic E-state index is -0.196. The molecular formula is C14H17N3O4S. The van der Waals surface area contributed by atoms with Crippen LogP contribution in [0.25, 0.3) is 0 Å². The van der Waals surface area contributed by atoms with Crippen LogP contribution in [0.1, 0.15) is 23.4 Å². The number of imide groups is 1. The molecule has 118 valence electrons. The topological polar surface area (TPSA) is 83.7 Å². The number of aromatic nitrogens is 1. The number of hydrogen-bond donors (Lipinski definition) is 0. The van der Waals surface area contributed by atoms with E-state index < -0.39 is 0 Å². The van der Waals surface area contributed by atoms with Crippen LogP contribution in [0.5, 0.6) is 0 Å². The van der Waals surface area contributed by atoms with Crippen molar-refractivity contribution >= 4 is 28.8 Å². The Morgan fingerprint density at radius 1 is 1.36 bits per heavy atom. The van der Waals surface area contributed by atoms with Crippen molar-refractivity contribution in [3.63, 3.8) is 0 Å². The van der Waals surface area contributed by atoms with Crippen molar-refractivity contribution < 1.29 is 18.9 Å². The van der Waals surface area contributed by atoms with Crippen molar-refractivity contribution in [2.75, 3.05) is 18.8 Å². The first-order valence-corrected chi connectivity index (χ1v) is 8.14. The molecule has 2 fully saturated rings. The molecule has 0 unspecified atom stereocenters. The molecular weight excluding hydrogens is 306 g/mol. The summed E-state index contributed by atoms with van der Waals surface area (Å²) in [5, 5.41) is 3.67. The number of rotatable bonds is 4. The lowest BCUT2D eigenvalue weighted by Crippen LogP contribution is -2.62. The maximum absolute atomic E-state index is 12.1. The van der Waals surface area contributed by atoms with Crippen LogP contribution in [0.3, 0.4) is 0 Å². The number of hydrogen-bond acceptors (Lipinski definition) is 6. The fourth-order valence-corrected chi connectivity index (χ4v) is 3.56. The average Bonchev–Trinajstić information content (AvgIpc) is 2.91. The summed E-state index contributed by atoms with van der Waals surface area (Å²) in [6.45, 7) is 4.58. The fourth-order valence-electron chi connectivity index (χ4n) is 2.79. The van der Waals surface area contributed by atoms with Crippen molar-refractivity contribution in [1.29, 1.82) is 0 Å². The Morgan fingerprint density at radius 3 is 2.64 bits per heavy atom. The van der Waals surface area contributed by atoms with Gasteiger partial charge in [0.05, 0.1) is 17.5 Å². The second kappa shape index (κ2) is 5.75. The second-order valence-electron chi connectivity index (χ2n) is 5.57. The van der Waals surface area contributed by atoms with Gasteiger partial charge in [-0.3, -0.25) is 19.3 Å². The number of likely N-dealkylation sites (tertiary alicyclic amines) is 1. The molecule has 8 heteroatoms. The molecule has 2 saturated heterocycles. The second-order valence-corrected chi connectivity index (χ2v) is 6.50. The van der Waals surface area contributed by atoms with Gasteiger partial charge >= 0.3 is 0 Å². The molecule has 0 radical (unpaired) electrons. The van der Waals surface area contributed by atoms with E-state index in [1.54, 1.807) is 4.90 Å². The summed E-state index contributed by atoms with van der Waals surface area (Å²) in [7, 11) is 0. The average molecular weight is 323 g/mol. The first-order chi connectivity index (χ1) is 10.5. The summed E-state index contributed by atoms with van der Waals surface area (Å²) in [4.78, 5) is 38.3. The molecule has 0 aliphatic carbocycles. The Balaban J connectivity index is 1.50. The summed E-state index contributed by atoms with van der Waals surface area (Å²) in [6, 6.07) is -0.155. The van der Waals surface area contributed by atoms with Gasteiger partial charge in [0, 0.05) is 25.1 Å². The maximum Gasteiger partial charge on any atom is 0.289 e. The van der Waals surface area contributed by atoms with Crippen LogP contribution in [0.4, 0.5) is 4.79 Å². The Bertz CT molecular complexity index is 601. The largest absolute Gasteiger partial charge is 0.361 e. The molecule has 3 rings (SSSR count). The van der Waals surface area contributed by atoms with Gasteiger partial charge in [-0.2, -0.15) is 0 Å². The molecule has 2 aliphatic rings. The predicted molar refractivity (Wildman–Crippen MR) is 79.4 cm³/mol. The Morgan fingerprint density at radius 2 is 2.09 bits per heavy atom. The van der Waals surface area contributed by atoms with Crippen molar-refractivity contribution in [1.82, 2.24) is 15.0 Å². The molecule has 0 bridgehead atoms. The normalized spacial score (nSPS) is 19.0. The monoisotopic (exact) mass is 323 g/mol. The van der Waals surface area contributed by atoms with Crippen LogP contribution in [0, 0.1) is 13.8 Å². The number of amides is 3. The highest BCUT2D eigenvalue weighted by atomic mass is 32.2. The van der Waals surface area contributed by atoms with Gasteiger partial charge in [0.1, 0.15) is 5.76 Å². The third kappa shape index (κ3) is 2.63. The molecule has 1 aromatic rings. The highest BCUT2D eigenvalue weighted by molar-refractivity contribution is 8.14. The minimum Gasteiger partial charge on any atom is -0.361 e. The lowest BCUT2D eigenvalue weighted by atomic mass is 10.0. The van der Waals surface area contributed by atoms with E-state index in [2.05, 4.69) is 5.16 Å². The third-order valence-electron chi connectivity index (χ3n) is 4.13. The molecule has 0 atom stereocenters. The number of thioether (sulfide) groups is 1. The number of nitrogens with zero attached hydrogens (tertiary/aromatic N) is 3. The van der Waals surface area contributed by atoms with Gasteiger partial charge in [-0.05, 0) is 20.3 Å². The SMILES string of the molecule is Cc1noc(C)c1CCC(=O)N1CC(N2C(=O)CSC2=O)C1. The van der Waals surface area contributed by atoms with E-state index in [-0.39, 0.29) is 28.8 Å². The number of carbonyl (C=O) groups excluding carboxylic acids is 3. The highest BCUT2D eigenvalue weighted by Gasteiger charge is 2.43. The van der Waals surface area contributed by atoms with Crippen LogP contribution in [-0.4, -0.2) is 56.9 Å². The molecule has 0 aromatic carbocycles. The first kappa shape index (κ1) is 15.1. The molecule has 7 nitrogen and oxygen atoms in total. The lowest BCUT2D eigenvalue weighted by Gasteiger charge is -2.42. The zero-order valence-electron chi connectivity index (χ0n) is 12.5. The molecule has 0 spiro atoms. The van der Waals surface area contributed by atoms with Gasteiger partial charge in [0.2, 0.25) is 11.8 Å². The minimum absolute atomic E-state index is 0.0306. The van der Waals surface area contributed by atoms with E-state index in [9.17, 15) is 14.4 Å². The van der Waals surface area contributed by atoms with Crippen molar-refractivity contribution in [2.45, 2.75) is 32.7 Å². The van der Waals surface area contributed by atoms with E-state index in [1.165, 1.54) is 4.90 Å². The van der Waals surface area contributed by atoms with Crippen LogP contribution < -0.4 is 0 Å². The Kier molecular flexibility index (Phi) is 3.94. The zero-order chi connectivity index (χ0) is 15.9. The van der Waals surface area contributed by atoms with E-state index in [1.807, 2.05) is 13.8 Å². The lowest BCUT2D eigenvalue weighted by molar-refractivity contribution is -0.142. The quantitative estimate of drug-likeness (QED) is 0.826. The van der Waals surface area contributed by atoms with E-state index >= 15 is 0 Å². The summed E-state index contributed by atoms with van der Waals surface area (Å²) >= 11 is 1.03. The van der Waals surface area contributed by atoms with Crippen LogP contribution in [0.15, 0.2) is 4.52 Å². The smallest absolute Gasteiger partial charge is 0.289 e. The van der Waals surface area contributed by atoms with Crippen molar-refractivity contribution in [3.05, 3.63) is 17.0 Å². The van der Waals surface area contributed by atoms with Crippen LogP contribution in [0.2, 0.25) is 0 Å². The van der Waals surface area contributed by atoms with Crippen molar-refractivity contribution in [3.8, 4) is 0 Å². The van der Waals surface area contributed by atoms with E-state index in [0.717, 1.165) is 28.8 Å². The van der Waals surface area contributed by atoms with Crippen molar-refractivity contribution in [2.24, 2.45) is 0 Å². The number of carbonyl (C=O) groups is 3. The zero-order valence-corrected chi connectivity index (χ0v) is 13.3. The Labute approximate surface area is 132 Å². The Hall–Kier alpha value is -1.83. The van der Waals surface area contributed by atoms with E-state index in [0.29, 0.717) is 25.9 Å². The van der Waals surface area contributed by atoms with Gasteiger partial charge in [0.25, 0.3) is 5.24 Å². The molecule has 0 N–H and O–H groups in total. The van der Waals surface area contributed by atoms with E-state index in [4.69, 9.17) is 4.52 Å². The molecule has 1 aromatic heterocycles. The highest BCUT2D eigenvalue weighted by Crippen LogP contribution is 2.26. The maximum atomic E-state index is 12.1. The molecule has 3 amide bonds. The first-order valence-electron chi connectivity index (χ1n) is 7.15. The number of aryl methyl sites for hydroxylation is 2. The predicted octanol–water partition coefficient (Wildman–Crippen LogP) is 1.13. The summed E-state index contributed by atoms with van der Waals surface area (Å²) in [5.41, 5.74) is 1.80.